The number of H-pyrrole nitrogens is 1. The summed E-state index contributed by atoms with van der Waals surface area (Å²) in [7, 11) is 0. The highest BCUT2D eigenvalue weighted by molar-refractivity contribution is 5.95. The van der Waals surface area contributed by atoms with Crippen LogP contribution in [0.3, 0.4) is 0 Å². The molecule has 2 fully saturated rings. The molecular weight excluding hydrogens is 461 g/mol. The van der Waals surface area contributed by atoms with Crippen molar-refractivity contribution >= 4 is 28.6 Å². The number of carbonyl (C=O) groups excluding carboxylic acids is 1. The molecule has 0 aromatic carbocycles. The number of alkyl halides is 3. The van der Waals surface area contributed by atoms with E-state index in [-0.39, 0.29) is 23.0 Å². The van der Waals surface area contributed by atoms with E-state index in [4.69, 9.17) is 5.73 Å². The maximum absolute atomic E-state index is 13.2. The maximum Gasteiger partial charge on any atom is 0.417 e. The fraction of sp³-hybridized carbons (Fsp3) is 0.478. The summed E-state index contributed by atoms with van der Waals surface area (Å²) in [6, 6.07) is 0.997. The predicted molar refractivity (Wildman–Crippen MR) is 125 cm³/mol. The Morgan fingerprint density at radius 2 is 2.00 bits per heavy atom. The van der Waals surface area contributed by atoms with Crippen LogP contribution in [0.2, 0.25) is 0 Å². The molecule has 0 aliphatic carbocycles. The van der Waals surface area contributed by atoms with E-state index in [0.717, 1.165) is 57.6 Å². The Balaban J connectivity index is 1.25. The van der Waals surface area contributed by atoms with Gasteiger partial charge >= 0.3 is 6.18 Å². The number of anilines is 2. The molecule has 0 unspecified atom stereocenters. The minimum absolute atomic E-state index is 0.0433. The maximum atomic E-state index is 13.2. The molecule has 3 aromatic rings. The second kappa shape index (κ2) is 9.33. The van der Waals surface area contributed by atoms with E-state index in [1.54, 1.807) is 6.20 Å². The molecule has 186 valence electrons. The van der Waals surface area contributed by atoms with Crippen LogP contribution in [0.1, 0.15) is 31.2 Å². The number of nitrogens with two attached hydrogens (primary N) is 1. The van der Waals surface area contributed by atoms with Crippen LogP contribution in [-0.4, -0.2) is 63.0 Å². The fourth-order valence-corrected chi connectivity index (χ4v) is 4.76. The highest BCUT2D eigenvalue weighted by Crippen LogP contribution is 2.35. The molecule has 5 heterocycles. The van der Waals surface area contributed by atoms with Gasteiger partial charge in [-0.05, 0) is 44.2 Å². The van der Waals surface area contributed by atoms with Gasteiger partial charge < -0.3 is 26.3 Å². The number of aromatic amines is 1. The summed E-state index contributed by atoms with van der Waals surface area (Å²) < 4.78 is 39.6. The van der Waals surface area contributed by atoms with Crippen LogP contribution in [0.4, 0.5) is 24.8 Å². The highest BCUT2D eigenvalue weighted by Gasteiger charge is 2.32. The second-order valence-corrected chi connectivity index (χ2v) is 9.12. The Morgan fingerprint density at radius 1 is 1.20 bits per heavy atom. The van der Waals surface area contributed by atoms with Gasteiger partial charge in [0.25, 0.3) is 0 Å². The smallest absolute Gasteiger partial charge is 0.396 e. The van der Waals surface area contributed by atoms with E-state index < -0.39 is 11.7 Å². The van der Waals surface area contributed by atoms with Crippen LogP contribution in [0.5, 0.6) is 0 Å². The molecule has 3 aromatic heterocycles. The topological polar surface area (TPSA) is 125 Å². The van der Waals surface area contributed by atoms with Crippen molar-refractivity contribution in [1.29, 1.82) is 0 Å². The summed E-state index contributed by atoms with van der Waals surface area (Å²) in [6.07, 6.45) is 2.98. The van der Waals surface area contributed by atoms with Crippen molar-refractivity contribution in [2.75, 3.05) is 37.2 Å². The second-order valence-electron chi connectivity index (χ2n) is 9.12. The van der Waals surface area contributed by atoms with Crippen molar-refractivity contribution in [3.63, 3.8) is 0 Å². The SMILES string of the molecule is Nc1cnc(NCC2CCN(C(=O)[C@H]3CCCN3)CC2)nc1-c1c[nH]c2ncc(C(F)(F)F)cc12. The Kier molecular flexibility index (Phi) is 6.22. The zero-order valence-corrected chi connectivity index (χ0v) is 19.0. The van der Waals surface area contributed by atoms with Gasteiger partial charge in [-0.2, -0.15) is 13.2 Å². The molecule has 0 bridgehead atoms. The molecule has 0 spiro atoms. The number of nitrogen functional groups attached to an aromatic ring is 1. The van der Waals surface area contributed by atoms with Gasteiger partial charge in [-0.1, -0.05) is 0 Å². The molecule has 2 aliphatic heterocycles. The number of pyridine rings is 1. The molecule has 1 atom stereocenters. The monoisotopic (exact) mass is 488 g/mol. The van der Waals surface area contributed by atoms with Gasteiger partial charge in [0, 0.05) is 43.0 Å². The molecule has 12 heteroatoms. The van der Waals surface area contributed by atoms with E-state index in [1.165, 1.54) is 6.20 Å². The number of nitrogens with zero attached hydrogens (tertiary/aromatic N) is 4. The van der Waals surface area contributed by atoms with Crippen LogP contribution in [0.25, 0.3) is 22.3 Å². The van der Waals surface area contributed by atoms with Crippen molar-refractivity contribution in [1.82, 2.24) is 30.2 Å². The number of piperidine rings is 1. The van der Waals surface area contributed by atoms with Crippen molar-refractivity contribution in [2.45, 2.75) is 37.9 Å². The number of rotatable bonds is 5. The van der Waals surface area contributed by atoms with Crippen LogP contribution in [0, 0.1) is 5.92 Å². The fourth-order valence-electron chi connectivity index (χ4n) is 4.76. The average molecular weight is 489 g/mol. The summed E-state index contributed by atoms with van der Waals surface area (Å²) in [5.74, 6) is 0.895. The number of carbonyl (C=O) groups is 1. The average Bonchev–Trinajstić information content (AvgIpc) is 3.53. The Labute approximate surface area is 199 Å². The van der Waals surface area contributed by atoms with Gasteiger partial charge in [0.15, 0.2) is 0 Å². The summed E-state index contributed by atoms with van der Waals surface area (Å²) >= 11 is 0. The summed E-state index contributed by atoms with van der Waals surface area (Å²) in [5.41, 5.74) is 6.56. The molecule has 9 nitrogen and oxygen atoms in total. The summed E-state index contributed by atoms with van der Waals surface area (Å²) in [6.45, 7) is 2.97. The first-order valence-electron chi connectivity index (χ1n) is 11.7. The molecule has 2 aliphatic rings. The number of hydrogen-bond acceptors (Lipinski definition) is 7. The third kappa shape index (κ3) is 4.88. The summed E-state index contributed by atoms with van der Waals surface area (Å²) in [5, 5.41) is 6.77. The molecule has 1 amide bonds. The first-order chi connectivity index (χ1) is 16.8. The predicted octanol–water partition coefficient (Wildman–Crippen LogP) is 3.02. The lowest BCUT2D eigenvalue weighted by Crippen LogP contribution is -2.47. The molecule has 35 heavy (non-hydrogen) atoms. The van der Waals surface area contributed by atoms with Crippen LogP contribution in [0.15, 0.2) is 24.7 Å². The molecule has 5 N–H and O–H groups in total. The van der Waals surface area contributed by atoms with Gasteiger partial charge in [0.1, 0.15) is 11.3 Å². The Morgan fingerprint density at radius 3 is 2.71 bits per heavy atom. The van der Waals surface area contributed by atoms with Gasteiger partial charge in [0.05, 0.1) is 23.5 Å². The van der Waals surface area contributed by atoms with E-state index in [2.05, 4.69) is 30.6 Å². The first kappa shape index (κ1) is 23.3. The Hall–Kier alpha value is -3.41. The standard InChI is InChI=1S/C23H27F3N8O/c24-23(25,26)14-8-15-16(11-30-20(15)29-10-14)19-17(27)12-32-22(33-19)31-9-13-3-6-34(7-4-13)21(35)18-2-1-5-28-18/h8,10-13,18,28H,1-7,9,27H2,(H,29,30)(H,31,32,33)/t18-/m1/s1. The van der Waals surface area contributed by atoms with Gasteiger partial charge in [0.2, 0.25) is 11.9 Å². The quantitative estimate of drug-likeness (QED) is 0.435. The van der Waals surface area contributed by atoms with Crippen LogP contribution in [-0.2, 0) is 11.0 Å². The van der Waals surface area contributed by atoms with Crippen molar-refractivity contribution in [2.24, 2.45) is 5.92 Å². The van der Waals surface area contributed by atoms with Gasteiger partial charge in [-0.25, -0.2) is 15.0 Å². The third-order valence-electron chi connectivity index (χ3n) is 6.76. The molecule has 0 saturated carbocycles. The van der Waals surface area contributed by atoms with E-state index in [0.29, 0.717) is 35.3 Å². The first-order valence-corrected chi connectivity index (χ1v) is 11.7. The molecule has 2 saturated heterocycles. The number of aromatic nitrogens is 4. The van der Waals surface area contributed by atoms with E-state index in [1.807, 2.05) is 4.90 Å². The van der Waals surface area contributed by atoms with Crippen molar-refractivity contribution < 1.29 is 18.0 Å². The summed E-state index contributed by atoms with van der Waals surface area (Å²) in [4.78, 5) is 30.0. The highest BCUT2D eigenvalue weighted by atomic mass is 19.4. The number of nitrogens with one attached hydrogen (secondary N) is 3. The van der Waals surface area contributed by atoms with E-state index in [9.17, 15) is 18.0 Å². The minimum Gasteiger partial charge on any atom is -0.396 e. The number of halogens is 3. The number of likely N-dealkylation sites (tertiary alicyclic amines) is 1. The van der Waals surface area contributed by atoms with Gasteiger partial charge in [-0.15, -0.1) is 0 Å². The lowest BCUT2D eigenvalue weighted by molar-refractivity contribution is -0.137. The lowest BCUT2D eigenvalue weighted by Gasteiger charge is -2.33. The van der Waals surface area contributed by atoms with Crippen molar-refractivity contribution in [3.05, 3.63) is 30.2 Å². The largest absolute Gasteiger partial charge is 0.417 e. The van der Waals surface area contributed by atoms with Gasteiger partial charge in [-0.3, -0.25) is 4.79 Å². The van der Waals surface area contributed by atoms with E-state index >= 15 is 0 Å². The number of amides is 1. The Bertz CT molecular complexity index is 1210. The number of fused-ring (bicyclic) bond motifs is 1. The number of hydrogen-bond donors (Lipinski definition) is 4. The third-order valence-corrected chi connectivity index (χ3v) is 6.76. The molecule has 0 radical (unpaired) electrons. The van der Waals surface area contributed by atoms with Crippen LogP contribution >= 0.6 is 0 Å². The lowest BCUT2D eigenvalue weighted by atomic mass is 9.96. The zero-order valence-electron chi connectivity index (χ0n) is 19.0. The normalized spacial score (nSPS) is 19.4. The molecular formula is C23H27F3N8O. The van der Waals surface area contributed by atoms with Crippen LogP contribution < -0.4 is 16.4 Å². The molecule has 5 rings (SSSR count). The zero-order chi connectivity index (χ0) is 24.6. The van der Waals surface area contributed by atoms with Crippen molar-refractivity contribution in [3.8, 4) is 11.3 Å². The minimum atomic E-state index is -4.51.